The Kier molecular flexibility index (Phi) is 2.82. The lowest BCUT2D eigenvalue weighted by atomic mass is 9.73. The van der Waals surface area contributed by atoms with E-state index >= 15 is 0 Å². The van der Waals surface area contributed by atoms with Crippen LogP contribution in [0.15, 0.2) is 24.5 Å². The minimum Gasteiger partial charge on any atom is -0.388 e. The highest BCUT2D eigenvalue weighted by Crippen LogP contribution is 2.39. The molecule has 1 aliphatic rings. The van der Waals surface area contributed by atoms with Crippen LogP contribution >= 0.6 is 0 Å². The van der Waals surface area contributed by atoms with E-state index in [0.29, 0.717) is 11.8 Å². The summed E-state index contributed by atoms with van der Waals surface area (Å²) in [6, 6.07) is 3.83. The predicted molar refractivity (Wildman–Crippen MR) is 55.7 cm³/mol. The average Bonchev–Trinajstić information content (AvgIpc) is 2.15. The lowest BCUT2D eigenvalue weighted by molar-refractivity contribution is 0.0532. The maximum absolute atomic E-state index is 10.1. The first-order valence-electron chi connectivity index (χ1n) is 5.37. The van der Waals surface area contributed by atoms with Gasteiger partial charge in [0.15, 0.2) is 0 Å². The minimum absolute atomic E-state index is 0.339. The van der Waals surface area contributed by atoms with E-state index in [2.05, 4.69) is 11.9 Å². The predicted octanol–water partition coefficient (Wildman–Crippen LogP) is 2.55. The molecule has 2 unspecified atom stereocenters. The summed E-state index contributed by atoms with van der Waals surface area (Å²) in [5, 5.41) is 10.1. The van der Waals surface area contributed by atoms with Crippen LogP contribution in [0, 0.1) is 11.8 Å². The van der Waals surface area contributed by atoms with Crippen molar-refractivity contribution < 1.29 is 5.11 Å². The first-order valence-corrected chi connectivity index (χ1v) is 5.37. The van der Waals surface area contributed by atoms with Crippen LogP contribution < -0.4 is 0 Å². The second-order valence-electron chi connectivity index (χ2n) is 4.28. The molecular formula is C12H17NO. The van der Waals surface area contributed by atoms with Gasteiger partial charge in [-0.15, -0.1) is 0 Å². The van der Waals surface area contributed by atoms with Crippen molar-refractivity contribution in [1.29, 1.82) is 0 Å². The number of hydrogen-bond acceptors (Lipinski definition) is 2. The van der Waals surface area contributed by atoms with E-state index in [9.17, 15) is 5.11 Å². The molecule has 1 aliphatic carbocycles. The van der Waals surface area contributed by atoms with Gasteiger partial charge in [-0.05, 0) is 23.5 Å². The third-order valence-corrected chi connectivity index (χ3v) is 3.42. The molecule has 2 rings (SSSR count). The molecule has 76 valence electrons. The molecule has 0 aliphatic heterocycles. The Balaban J connectivity index is 2.03. The van der Waals surface area contributed by atoms with E-state index in [-0.39, 0.29) is 6.10 Å². The van der Waals surface area contributed by atoms with Crippen molar-refractivity contribution in [3.63, 3.8) is 0 Å². The standard InChI is InChI=1S/C12H17NO/c1-9(10-4-2-5-10)12(14)11-6-3-7-13-8-11/h3,6-10,12,14H,2,4-5H2,1H3. The number of aliphatic hydroxyl groups excluding tert-OH is 1. The number of rotatable bonds is 3. The molecule has 1 heterocycles. The molecule has 0 radical (unpaired) electrons. The second-order valence-corrected chi connectivity index (χ2v) is 4.28. The first-order chi connectivity index (χ1) is 6.79. The molecule has 2 atom stereocenters. The fourth-order valence-corrected chi connectivity index (χ4v) is 2.08. The fourth-order valence-electron chi connectivity index (χ4n) is 2.08. The lowest BCUT2D eigenvalue weighted by Gasteiger charge is -2.34. The zero-order valence-corrected chi connectivity index (χ0v) is 8.56. The topological polar surface area (TPSA) is 33.1 Å². The Labute approximate surface area is 85.0 Å². The normalized spacial score (nSPS) is 21.3. The Hall–Kier alpha value is -0.890. The molecule has 0 amide bonds. The molecule has 0 bridgehead atoms. The van der Waals surface area contributed by atoms with Gasteiger partial charge in [-0.2, -0.15) is 0 Å². The molecular weight excluding hydrogens is 174 g/mol. The molecule has 1 N–H and O–H groups in total. The van der Waals surface area contributed by atoms with Crippen LogP contribution in [-0.2, 0) is 0 Å². The molecule has 0 aromatic carbocycles. The van der Waals surface area contributed by atoms with Crippen molar-refractivity contribution in [2.24, 2.45) is 11.8 Å². The highest BCUT2D eigenvalue weighted by molar-refractivity contribution is 5.13. The van der Waals surface area contributed by atoms with Crippen LogP contribution in [0.25, 0.3) is 0 Å². The third kappa shape index (κ3) is 1.80. The zero-order chi connectivity index (χ0) is 9.97. The molecule has 14 heavy (non-hydrogen) atoms. The molecule has 1 aromatic rings. The van der Waals surface area contributed by atoms with E-state index in [0.717, 1.165) is 5.56 Å². The minimum atomic E-state index is -0.339. The summed E-state index contributed by atoms with van der Waals surface area (Å²) in [4.78, 5) is 4.03. The van der Waals surface area contributed by atoms with E-state index in [1.807, 2.05) is 12.1 Å². The maximum Gasteiger partial charge on any atom is 0.0833 e. The summed E-state index contributed by atoms with van der Waals surface area (Å²) in [5.74, 6) is 1.08. The number of hydrogen-bond donors (Lipinski definition) is 1. The molecule has 2 heteroatoms. The van der Waals surface area contributed by atoms with E-state index in [1.165, 1.54) is 19.3 Å². The van der Waals surface area contributed by atoms with Gasteiger partial charge in [0.2, 0.25) is 0 Å². The Morgan fingerprint density at radius 3 is 2.79 bits per heavy atom. The quantitative estimate of drug-likeness (QED) is 0.796. The van der Waals surface area contributed by atoms with Crippen LogP contribution in [0.4, 0.5) is 0 Å². The van der Waals surface area contributed by atoms with Gasteiger partial charge in [0.25, 0.3) is 0 Å². The van der Waals surface area contributed by atoms with Crippen LogP contribution in [0.1, 0.15) is 37.9 Å². The largest absolute Gasteiger partial charge is 0.388 e. The SMILES string of the molecule is CC(C1CCC1)C(O)c1cccnc1. The summed E-state index contributed by atoms with van der Waals surface area (Å²) in [6.07, 6.45) is 7.05. The number of pyridine rings is 1. The van der Waals surface area contributed by atoms with Crippen LogP contribution in [0.2, 0.25) is 0 Å². The van der Waals surface area contributed by atoms with E-state index in [1.54, 1.807) is 12.4 Å². The summed E-state index contributed by atoms with van der Waals surface area (Å²) in [7, 11) is 0. The lowest BCUT2D eigenvalue weighted by Crippen LogP contribution is -2.25. The summed E-state index contributed by atoms with van der Waals surface area (Å²) in [5.41, 5.74) is 0.951. The molecule has 0 spiro atoms. The van der Waals surface area contributed by atoms with Crippen LogP contribution in [0.3, 0.4) is 0 Å². The fraction of sp³-hybridized carbons (Fsp3) is 0.583. The summed E-state index contributed by atoms with van der Waals surface area (Å²) >= 11 is 0. The van der Waals surface area contributed by atoms with Crippen molar-refractivity contribution in [3.05, 3.63) is 30.1 Å². The monoisotopic (exact) mass is 191 g/mol. The third-order valence-electron chi connectivity index (χ3n) is 3.42. The number of nitrogens with zero attached hydrogens (tertiary/aromatic N) is 1. The number of aliphatic hydroxyl groups is 1. The van der Waals surface area contributed by atoms with Crippen LogP contribution in [-0.4, -0.2) is 10.1 Å². The van der Waals surface area contributed by atoms with Crippen molar-refractivity contribution in [1.82, 2.24) is 4.98 Å². The highest BCUT2D eigenvalue weighted by atomic mass is 16.3. The smallest absolute Gasteiger partial charge is 0.0833 e. The first kappa shape index (κ1) is 9.66. The average molecular weight is 191 g/mol. The maximum atomic E-state index is 10.1. The summed E-state index contributed by atoms with van der Waals surface area (Å²) < 4.78 is 0. The van der Waals surface area contributed by atoms with Gasteiger partial charge in [-0.3, -0.25) is 4.98 Å². The molecule has 1 fully saturated rings. The molecule has 0 saturated heterocycles. The van der Waals surface area contributed by atoms with Crippen molar-refractivity contribution in [3.8, 4) is 0 Å². The van der Waals surface area contributed by atoms with E-state index < -0.39 is 0 Å². The van der Waals surface area contributed by atoms with E-state index in [4.69, 9.17) is 0 Å². The Morgan fingerprint density at radius 1 is 1.50 bits per heavy atom. The molecule has 1 aromatic heterocycles. The van der Waals surface area contributed by atoms with Crippen molar-refractivity contribution in [2.45, 2.75) is 32.3 Å². The van der Waals surface area contributed by atoms with Gasteiger partial charge in [0.1, 0.15) is 0 Å². The Bertz CT molecular complexity index is 282. The van der Waals surface area contributed by atoms with Crippen molar-refractivity contribution in [2.75, 3.05) is 0 Å². The van der Waals surface area contributed by atoms with Gasteiger partial charge in [0, 0.05) is 12.4 Å². The van der Waals surface area contributed by atoms with Gasteiger partial charge < -0.3 is 5.11 Å². The van der Waals surface area contributed by atoms with Gasteiger partial charge >= 0.3 is 0 Å². The van der Waals surface area contributed by atoms with Crippen LogP contribution in [0.5, 0.6) is 0 Å². The van der Waals surface area contributed by atoms with Gasteiger partial charge in [-0.25, -0.2) is 0 Å². The zero-order valence-electron chi connectivity index (χ0n) is 8.56. The van der Waals surface area contributed by atoms with Gasteiger partial charge in [0.05, 0.1) is 6.10 Å². The summed E-state index contributed by atoms with van der Waals surface area (Å²) in [6.45, 7) is 2.14. The van der Waals surface area contributed by atoms with Gasteiger partial charge in [-0.1, -0.05) is 32.3 Å². The Morgan fingerprint density at radius 2 is 2.29 bits per heavy atom. The second kappa shape index (κ2) is 4.09. The van der Waals surface area contributed by atoms with Crippen molar-refractivity contribution >= 4 is 0 Å². The molecule has 1 saturated carbocycles. The highest BCUT2D eigenvalue weighted by Gasteiger charge is 2.29. The number of aromatic nitrogens is 1. The molecule has 2 nitrogen and oxygen atoms in total.